The van der Waals surface area contributed by atoms with Gasteiger partial charge in [-0.2, -0.15) is 0 Å². The van der Waals surface area contributed by atoms with Gasteiger partial charge in [0.15, 0.2) is 0 Å². The Kier molecular flexibility index (Phi) is 8.83. The quantitative estimate of drug-likeness (QED) is 0.263. The molecule has 190 valence electrons. The Morgan fingerprint density at radius 1 is 1.03 bits per heavy atom. The number of rotatable bonds is 8. The van der Waals surface area contributed by atoms with Crippen LogP contribution in [-0.2, 0) is 22.6 Å². The van der Waals surface area contributed by atoms with Crippen LogP contribution in [0.5, 0.6) is 5.75 Å². The molecular weight excluding hydrogens is 627 g/mol. The lowest BCUT2D eigenvalue weighted by atomic mass is 10.1. The highest BCUT2D eigenvalue weighted by atomic mass is 79.9. The Morgan fingerprint density at radius 3 is 2.27 bits per heavy atom. The largest absolute Gasteiger partial charge is 0.487 e. The second kappa shape index (κ2) is 12.1. The van der Waals surface area contributed by atoms with Crippen LogP contribution in [0, 0.1) is 5.82 Å². The average molecular weight is 648 g/mol. The normalized spacial score (nSPS) is 14.4. The molecule has 1 fully saturated rings. The van der Waals surface area contributed by atoms with Gasteiger partial charge in [0.1, 0.15) is 24.7 Å². The first-order valence-electron chi connectivity index (χ1n) is 11.2. The minimum atomic E-state index is -0.532. The third-order valence-electron chi connectivity index (χ3n) is 5.44. The summed E-state index contributed by atoms with van der Waals surface area (Å²) < 4.78 is 20.2. The van der Waals surface area contributed by atoms with E-state index in [4.69, 9.17) is 4.74 Å². The Bertz CT molecular complexity index is 1360. The Hall–Kier alpha value is -2.95. The fraction of sp³-hybridized carbons (Fsp3) is 0.148. The molecule has 1 aliphatic rings. The first-order valence-corrected chi connectivity index (χ1v) is 13.6. The molecule has 0 aromatic heterocycles. The van der Waals surface area contributed by atoms with Gasteiger partial charge in [-0.05, 0) is 109 Å². The van der Waals surface area contributed by atoms with Gasteiger partial charge < -0.3 is 10.1 Å². The van der Waals surface area contributed by atoms with Crippen LogP contribution >= 0.6 is 43.6 Å². The molecule has 1 aliphatic heterocycles. The molecule has 3 amide bonds. The van der Waals surface area contributed by atoms with E-state index in [0.29, 0.717) is 25.9 Å². The van der Waals surface area contributed by atoms with E-state index in [1.165, 1.54) is 12.1 Å². The van der Waals surface area contributed by atoms with Gasteiger partial charge in [0.2, 0.25) is 5.91 Å². The van der Waals surface area contributed by atoms with Crippen molar-refractivity contribution in [2.24, 2.45) is 0 Å². The molecule has 37 heavy (non-hydrogen) atoms. The first kappa shape index (κ1) is 27.1. The fourth-order valence-electron chi connectivity index (χ4n) is 3.49. The zero-order valence-corrected chi connectivity index (χ0v) is 23.6. The molecule has 1 saturated heterocycles. The zero-order chi connectivity index (χ0) is 26.5. The van der Waals surface area contributed by atoms with Crippen LogP contribution in [0.2, 0.25) is 0 Å². The third-order valence-corrected chi connectivity index (χ3v) is 7.52. The molecule has 0 bridgehead atoms. The molecule has 6 nitrogen and oxygen atoms in total. The highest BCUT2D eigenvalue weighted by Gasteiger charge is 2.36. The number of nitrogens with zero attached hydrogens (tertiary/aromatic N) is 1. The summed E-state index contributed by atoms with van der Waals surface area (Å²) in [6, 6.07) is 16.9. The number of benzene rings is 3. The number of hydrogen-bond acceptors (Lipinski definition) is 5. The number of carbonyl (C=O) groups is 3. The average Bonchev–Trinajstić information content (AvgIpc) is 3.12. The van der Waals surface area contributed by atoms with E-state index in [9.17, 15) is 18.8 Å². The van der Waals surface area contributed by atoms with Gasteiger partial charge in [0, 0.05) is 5.69 Å². The van der Waals surface area contributed by atoms with E-state index in [2.05, 4.69) is 37.2 Å². The maximum absolute atomic E-state index is 13.1. The number of halogens is 3. The molecule has 0 radical (unpaired) electrons. The van der Waals surface area contributed by atoms with Gasteiger partial charge in [-0.1, -0.05) is 31.2 Å². The number of hydrogen-bond donors (Lipinski definition) is 1. The van der Waals surface area contributed by atoms with Crippen molar-refractivity contribution in [1.29, 1.82) is 0 Å². The molecule has 3 aromatic carbocycles. The van der Waals surface area contributed by atoms with Gasteiger partial charge in [-0.3, -0.25) is 19.3 Å². The number of nitrogens with one attached hydrogen (secondary N) is 1. The molecular formula is C27H21Br2FN2O4S. The number of anilines is 1. The van der Waals surface area contributed by atoms with Crippen LogP contribution in [0.1, 0.15) is 23.6 Å². The maximum atomic E-state index is 13.1. The van der Waals surface area contributed by atoms with Crippen molar-refractivity contribution in [1.82, 2.24) is 4.90 Å². The highest BCUT2D eigenvalue weighted by molar-refractivity contribution is 9.11. The molecule has 0 unspecified atom stereocenters. The number of imide groups is 1. The summed E-state index contributed by atoms with van der Waals surface area (Å²) in [5.74, 6) is -0.767. The monoisotopic (exact) mass is 646 g/mol. The van der Waals surface area contributed by atoms with Crippen molar-refractivity contribution in [3.63, 3.8) is 0 Å². The number of thioether (sulfide) groups is 1. The number of ether oxygens (including phenoxy) is 1. The predicted molar refractivity (Wildman–Crippen MR) is 150 cm³/mol. The van der Waals surface area contributed by atoms with E-state index < -0.39 is 17.1 Å². The lowest BCUT2D eigenvalue weighted by Crippen LogP contribution is -2.36. The second-order valence-corrected chi connectivity index (χ2v) is 10.8. The van der Waals surface area contributed by atoms with Gasteiger partial charge in [-0.25, -0.2) is 4.39 Å². The van der Waals surface area contributed by atoms with E-state index in [-0.39, 0.29) is 23.9 Å². The van der Waals surface area contributed by atoms with Gasteiger partial charge in [0.05, 0.1) is 13.9 Å². The Balaban J connectivity index is 1.41. The molecule has 1 heterocycles. The number of aryl methyl sites for hydroxylation is 1. The van der Waals surface area contributed by atoms with Crippen molar-refractivity contribution in [3.8, 4) is 5.75 Å². The summed E-state index contributed by atoms with van der Waals surface area (Å²) in [7, 11) is 0. The van der Waals surface area contributed by atoms with Gasteiger partial charge in [-0.15, -0.1) is 0 Å². The van der Waals surface area contributed by atoms with E-state index in [0.717, 1.165) is 34.2 Å². The molecule has 0 spiro atoms. The molecule has 4 rings (SSSR count). The minimum absolute atomic E-state index is 0.212. The molecule has 0 aliphatic carbocycles. The van der Waals surface area contributed by atoms with Crippen LogP contribution in [-0.4, -0.2) is 28.5 Å². The highest BCUT2D eigenvalue weighted by Crippen LogP contribution is 2.38. The lowest BCUT2D eigenvalue weighted by Gasteiger charge is -2.13. The molecule has 10 heteroatoms. The summed E-state index contributed by atoms with van der Waals surface area (Å²) in [6.45, 7) is 1.90. The van der Waals surface area contributed by atoms with E-state index >= 15 is 0 Å². The van der Waals surface area contributed by atoms with Crippen molar-refractivity contribution >= 4 is 72.4 Å². The maximum Gasteiger partial charge on any atom is 0.294 e. The van der Waals surface area contributed by atoms with Crippen LogP contribution < -0.4 is 10.1 Å². The Labute approximate surface area is 234 Å². The van der Waals surface area contributed by atoms with Gasteiger partial charge in [0.25, 0.3) is 11.1 Å². The van der Waals surface area contributed by atoms with Crippen molar-refractivity contribution < 1.29 is 23.5 Å². The zero-order valence-electron chi connectivity index (χ0n) is 19.6. The van der Waals surface area contributed by atoms with Crippen LogP contribution in [0.15, 0.2) is 74.5 Å². The minimum Gasteiger partial charge on any atom is -0.487 e. The molecule has 1 N–H and O–H groups in total. The van der Waals surface area contributed by atoms with Gasteiger partial charge >= 0.3 is 0 Å². The summed E-state index contributed by atoms with van der Waals surface area (Å²) >= 11 is 7.74. The molecule has 3 aromatic rings. The Morgan fingerprint density at radius 2 is 1.65 bits per heavy atom. The predicted octanol–water partition coefficient (Wildman–Crippen LogP) is 7.17. The first-order chi connectivity index (χ1) is 17.7. The summed E-state index contributed by atoms with van der Waals surface area (Å²) in [5.41, 5.74) is 3.19. The van der Waals surface area contributed by atoms with E-state index in [1.807, 2.05) is 19.1 Å². The topological polar surface area (TPSA) is 75.7 Å². The van der Waals surface area contributed by atoms with E-state index in [1.54, 1.807) is 42.5 Å². The summed E-state index contributed by atoms with van der Waals surface area (Å²) in [4.78, 5) is 38.9. The fourth-order valence-corrected chi connectivity index (χ4v) is 5.78. The van der Waals surface area contributed by atoms with Crippen LogP contribution in [0.4, 0.5) is 14.9 Å². The third kappa shape index (κ3) is 6.88. The van der Waals surface area contributed by atoms with Crippen LogP contribution in [0.3, 0.4) is 0 Å². The smallest absolute Gasteiger partial charge is 0.294 e. The van der Waals surface area contributed by atoms with Crippen LogP contribution in [0.25, 0.3) is 6.08 Å². The summed E-state index contributed by atoms with van der Waals surface area (Å²) in [5, 5.41) is 2.21. The lowest BCUT2D eigenvalue weighted by molar-refractivity contribution is -0.127. The van der Waals surface area contributed by atoms with Crippen molar-refractivity contribution in [2.45, 2.75) is 20.0 Å². The molecule has 0 saturated carbocycles. The standard InChI is InChI=1S/C27H21Br2FN2O4S/c1-2-16-5-9-20(10-6-16)31-24(33)14-32-26(34)23(37-27(32)35)13-18-11-21(28)25(22(29)12-18)36-15-17-3-7-19(30)8-4-17/h3-13H,2,14-15H2,1H3,(H,31,33)/b23-13+. The summed E-state index contributed by atoms with van der Waals surface area (Å²) in [6.07, 6.45) is 2.47. The number of amides is 3. The second-order valence-electron chi connectivity index (χ2n) is 8.10. The SMILES string of the molecule is CCc1ccc(NC(=O)CN2C(=O)S/C(=C/c3cc(Br)c(OCc4ccc(F)cc4)c(Br)c3)C2=O)cc1. The number of carbonyl (C=O) groups excluding carboxylic acids is 3. The molecule has 0 atom stereocenters. The van der Waals surface area contributed by atoms with Crippen molar-refractivity contribution in [3.05, 3.63) is 97.0 Å². The van der Waals surface area contributed by atoms with Crippen molar-refractivity contribution in [2.75, 3.05) is 11.9 Å².